The lowest BCUT2D eigenvalue weighted by Gasteiger charge is -2.20. The number of hydrogen-bond donors (Lipinski definition) is 0. The van der Waals surface area contributed by atoms with Crippen LogP contribution in [0.15, 0.2) is 0 Å². The summed E-state index contributed by atoms with van der Waals surface area (Å²) < 4.78 is 23.6. The van der Waals surface area contributed by atoms with Crippen molar-refractivity contribution in [2.24, 2.45) is 5.41 Å². The smallest absolute Gasteiger partial charge is 0.210 e. The molecule has 0 rings (SSSR count). The largest absolute Gasteiger partial charge is 0.243 e. The zero-order chi connectivity index (χ0) is 6.78. The Morgan fingerprint density at radius 3 is 1.75 bits per heavy atom. The fourth-order valence-electron chi connectivity index (χ4n) is 0.154. The van der Waals surface area contributed by atoms with Gasteiger partial charge in [-0.15, -0.1) is 0 Å². The van der Waals surface area contributed by atoms with Crippen molar-refractivity contribution >= 4 is 0 Å². The van der Waals surface area contributed by atoms with E-state index in [9.17, 15) is 8.78 Å². The van der Waals surface area contributed by atoms with Crippen LogP contribution in [0.25, 0.3) is 0 Å². The lowest BCUT2D eigenvalue weighted by Crippen LogP contribution is -2.19. The van der Waals surface area contributed by atoms with Crippen LogP contribution >= 0.6 is 0 Å². The molecule has 0 fully saturated rings. The van der Waals surface area contributed by atoms with E-state index in [2.05, 4.69) is 0 Å². The maximum absolute atomic E-state index is 11.8. The van der Waals surface area contributed by atoms with Crippen molar-refractivity contribution in [1.82, 2.24) is 0 Å². The molecule has 0 atom stereocenters. The van der Waals surface area contributed by atoms with Gasteiger partial charge in [0.25, 0.3) is 0 Å². The molecule has 0 saturated carbocycles. The Morgan fingerprint density at radius 2 is 1.75 bits per heavy atom. The van der Waals surface area contributed by atoms with E-state index >= 15 is 0 Å². The highest BCUT2D eigenvalue weighted by Crippen LogP contribution is 2.27. The second kappa shape index (κ2) is 2.42. The van der Waals surface area contributed by atoms with Crippen LogP contribution in [0.4, 0.5) is 8.78 Å². The van der Waals surface area contributed by atoms with E-state index in [-0.39, 0.29) is 0 Å². The minimum absolute atomic E-state index is 0.532. The van der Waals surface area contributed by atoms with E-state index in [1.165, 1.54) is 0 Å². The Kier molecular flexibility index (Phi) is 2.38. The summed E-state index contributed by atoms with van der Waals surface area (Å²) in [5.41, 5.74) is -0.792. The number of rotatable bonds is 2. The maximum Gasteiger partial charge on any atom is 0.243 e. The molecule has 0 aliphatic carbocycles. The van der Waals surface area contributed by atoms with Crippen molar-refractivity contribution in [1.29, 1.82) is 0 Å². The molecule has 50 valence electrons. The highest BCUT2D eigenvalue weighted by molar-refractivity contribution is 4.67. The van der Waals surface area contributed by atoms with Gasteiger partial charge in [0.1, 0.15) is 0 Å². The highest BCUT2D eigenvalue weighted by atomic mass is 19.3. The van der Waals surface area contributed by atoms with Crippen LogP contribution in [0.2, 0.25) is 0 Å². The van der Waals surface area contributed by atoms with Crippen LogP contribution in [0.3, 0.4) is 0 Å². The minimum atomic E-state index is -2.19. The molecule has 0 saturated heterocycles. The fourth-order valence-corrected chi connectivity index (χ4v) is 0.154. The van der Waals surface area contributed by atoms with Crippen LogP contribution in [-0.4, -0.2) is 6.43 Å². The summed E-state index contributed by atoms with van der Waals surface area (Å²) in [6.07, 6.45) is -1.66. The summed E-state index contributed by atoms with van der Waals surface area (Å²) in [4.78, 5) is 0. The molecule has 0 unspecified atom stereocenters. The second-order valence-electron chi connectivity index (χ2n) is 2.64. The van der Waals surface area contributed by atoms with Gasteiger partial charge in [-0.3, -0.25) is 0 Å². The van der Waals surface area contributed by atoms with Gasteiger partial charge in [0.15, 0.2) is 0 Å². The van der Waals surface area contributed by atoms with E-state index in [0.717, 1.165) is 0 Å². The Labute approximate surface area is 48.9 Å². The van der Waals surface area contributed by atoms with Gasteiger partial charge in [0.2, 0.25) is 6.43 Å². The molecule has 0 radical (unpaired) electrons. The zero-order valence-electron chi connectivity index (χ0n) is 5.54. The van der Waals surface area contributed by atoms with Crippen molar-refractivity contribution in [3.8, 4) is 0 Å². The van der Waals surface area contributed by atoms with Gasteiger partial charge >= 0.3 is 0 Å². The summed E-state index contributed by atoms with van der Waals surface area (Å²) in [6, 6.07) is 0. The quantitative estimate of drug-likeness (QED) is 0.528. The SMILES string of the molecule is CCC(C)(C)C(F)F. The molecule has 0 bridgehead atoms. The van der Waals surface area contributed by atoms with Gasteiger partial charge in [-0.2, -0.15) is 0 Å². The molecule has 0 aromatic carbocycles. The normalized spacial score (nSPS) is 12.8. The van der Waals surface area contributed by atoms with E-state index < -0.39 is 11.8 Å². The Bertz CT molecular complexity index is 66.9. The molecule has 0 aromatic heterocycles. The standard InChI is InChI=1S/C6H12F2/c1-4-6(2,3)5(7)8/h5H,4H2,1-3H3. The summed E-state index contributed by atoms with van der Waals surface area (Å²) >= 11 is 0. The maximum atomic E-state index is 11.8. The van der Waals surface area contributed by atoms with Crippen molar-refractivity contribution in [2.45, 2.75) is 33.6 Å². The van der Waals surface area contributed by atoms with Gasteiger partial charge in [-0.05, 0) is 6.42 Å². The van der Waals surface area contributed by atoms with Crippen LogP contribution in [-0.2, 0) is 0 Å². The monoisotopic (exact) mass is 122 g/mol. The predicted octanol–water partition coefficient (Wildman–Crippen LogP) is 2.69. The van der Waals surface area contributed by atoms with E-state index in [4.69, 9.17) is 0 Å². The van der Waals surface area contributed by atoms with Crippen molar-refractivity contribution < 1.29 is 8.78 Å². The van der Waals surface area contributed by atoms with Crippen molar-refractivity contribution in [2.75, 3.05) is 0 Å². The molecular formula is C6H12F2. The van der Waals surface area contributed by atoms with E-state index in [1.807, 2.05) is 0 Å². The Balaban J connectivity index is 3.71. The second-order valence-corrected chi connectivity index (χ2v) is 2.64. The van der Waals surface area contributed by atoms with Gasteiger partial charge in [-0.1, -0.05) is 20.8 Å². The van der Waals surface area contributed by atoms with Gasteiger partial charge in [0, 0.05) is 5.41 Å². The number of alkyl halides is 2. The van der Waals surface area contributed by atoms with Crippen LogP contribution in [0, 0.1) is 5.41 Å². The lowest BCUT2D eigenvalue weighted by molar-refractivity contribution is 0.0173. The third kappa shape index (κ3) is 1.76. The molecule has 0 N–H and O–H groups in total. The molecule has 2 heteroatoms. The van der Waals surface area contributed by atoms with Crippen LogP contribution in [0.5, 0.6) is 0 Å². The molecule has 0 aliphatic heterocycles. The number of hydrogen-bond acceptors (Lipinski definition) is 0. The topological polar surface area (TPSA) is 0 Å². The average Bonchev–Trinajstić information content (AvgIpc) is 1.67. The first-order valence-corrected chi connectivity index (χ1v) is 2.79. The Hall–Kier alpha value is -0.140. The highest BCUT2D eigenvalue weighted by Gasteiger charge is 2.26. The van der Waals surface area contributed by atoms with E-state index in [0.29, 0.717) is 6.42 Å². The summed E-state index contributed by atoms with van der Waals surface area (Å²) in [5.74, 6) is 0. The number of halogens is 2. The summed E-state index contributed by atoms with van der Waals surface area (Å²) in [6.45, 7) is 4.90. The lowest BCUT2D eigenvalue weighted by atomic mass is 9.91. The fraction of sp³-hybridized carbons (Fsp3) is 1.00. The Morgan fingerprint density at radius 1 is 1.38 bits per heavy atom. The predicted molar refractivity (Wildman–Crippen MR) is 30.1 cm³/mol. The zero-order valence-corrected chi connectivity index (χ0v) is 5.54. The van der Waals surface area contributed by atoms with Crippen molar-refractivity contribution in [3.63, 3.8) is 0 Å². The van der Waals surface area contributed by atoms with Crippen molar-refractivity contribution in [3.05, 3.63) is 0 Å². The molecule has 0 spiro atoms. The molecule has 0 aliphatic rings. The van der Waals surface area contributed by atoms with Crippen LogP contribution < -0.4 is 0 Å². The summed E-state index contributed by atoms with van der Waals surface area (Å²) in [7, 11) is 0. The third-order valence-corrected chi connectivity index (χ3v) is 1.50. The first-order valence-electron chi connectivity index (χ1n) is 2.79. The molecule has 8 heavy (non-hydrogen) atoms. The average molecular weight is 122 g/mol. The molecule has 0 amide bonds. The van der Waals surface area contributed by atoms with Gasteiger partial charge < -0.3 is 0 Å². The molecule has 0 nitrogen and oxygen atoms in total. The molecule has 0 heterocycles. The third-order valence-electron chi connectivity index (χ3n) is 1.50. The van der Waals surface area contributed by atoms with Gasteiger partial charge in [-0.25, -0.2) is 8.78 Å². The van der Waals surface area contributed by atoms with Gasteiger partial charge in [0.05, 0.1) is 0 Å². The molecule has 0 aromatic rings. The van der Waals surface area contributed by atoms with Crippen LogP contribution in [0.1, 0.15) is 27.2 Å². The minimum Gasteiger partial charge on any atom is -0.210 e. The first kappa shape index (κ1) is 7.86. The first-order chi connectivity index (χ1) is 3.50. The summed E-state index contributed by atoms with van der Waals surface area (Å²) in [5, 5.41) is 0. The van der Waals surface area contributed by atoms with E-state index in [1.54, 1.807) is 20.8 Å². The molecular weight excluding hydrogens is 110 g/mol.